The van der Waals surface area contributed by atoms with Gasteiger partial charge in [0, 0.05) is 9.65 Å². The molecule has 0 aliphatic heterocycles. The third-order valence-electron chi connectivity index (χ3n) is 2.17. The SMILES string of the molecule is Cc1ccccc1CC(Br)C(C)Br. The first-order valence-corrected chi connectivity index (χ1v) is 6.27. The van der Waals surface area contributed by atoms with Crippen LogP contribution >= 0.6 is 31.9 Å². The first-order valence-electron chi connectivity index (χ1n) is 4.44. The van der Waals surface area contributed by atoms with Crippen LogP contribution in [-0.4, -0.2) is 9.65 Å². The van der Waals surface area contributed by atoms with Crippen LogP contribution in [0.3, 0.4) is 0 Å². The Balaban J connectivity index is 2.69. The zero-order valence-electron chi connectivity index (χ0n) is 7.93. The molecule has 13 heavy (non-hydrogen) atoms. The molecule has 0 fully saturated rings. The molecule has 1 aromatic carbocycles. The summed E-state index contributed by atoms with van der Waals surface area (Å²) in [5, 5.41) is 0. The monoisotopic (exact) mass is 304 g/mol. The summed E-state index contributed by atoms with van der Waals surface area (Å²) >= 11 is 7.24. The minimum Gasteiger partial charge on any atom is -0.0881 e. The Morgan fingerprint density at radius 2 is 1.85 bits per heavy atom. The summed E-state index contributed by atoms with van der Waals surface area (Å²) in [6.07, 6.45) is 1.08. The lowest BCUT2D eigenvalue weighted by Crippen LogP contribution is -2.13. The fourth-order valence-corrected chi connectivity index (χ4v) is 1.75. The molecule has 0 aliphatic carbocycles. The molecule has 0 aliphatic rings. The molecule has 0 bridgehead atoms. The van der Waals surface area contributed by atoms with Gasteiger partial charge in [-0.25, -0.2) is 0 Å². The first-order chi connectivity index (χ1) is 6.11. The number of benzene rings is 1. The molecular weight excluding hydrogens is 292 g/mol. The Hall–Kier alpha value is 0.180. The van der Waals surface area contributed by atoms with Crippen LogP contribution in [0.5, 0.6) is 0 Å². The maximum Gasteiger partial charge on any atom is 0.0308 e. The highest BCUT2D eigenvalue weighted by Crippen LogP contribution is 2.20. The van der Waals surface area contributed by atoms with Crippen LogP contribution in [0.2, 0.25) is 0 Å². The molecular formula is C11H14Br2. The van der Waals surface area contributed by atoms with Gasteiger partial charge in [-0.2, -0.15) is 0 Å². The standard InChI is InChI=1S/C11H14Br2/c1-8-5-3-4-6-10(8)7-11(13)9(2)12/h3-6,9,11H,7H2,1-2H3. The molecule has 72 valence electrons. The van der Waals surface area contributed by atoms with Crippen LogP contribution in [0, 0.1) is 6.92 Å². The molecule has 0 amide bonds. The summed E-state index contributed by atoms with van der Waals surface area (Å²) in [5.41, 5.74) is 2.80. The van der Waals surface area contributed by atoms with Gasteiger partial charge in [0.2, 0.25) is 0 Å². The van der Waals surface area contributed by atoms with Crippen molar-refractivity contribution in [3.63, 3.8) is 0 Å². The van der Waals surface area contributed by atoms with E-state index in [0.29, 0.717) is 9.65 Å². The van der Waals surface area contributed by atoms with Crippen molar-refractivity contribution in [3.8, 4) is 0 Å². The van der Waals surface area contributed by atoms with Gasteiger partial charge in [0.05, 0.1) is 0 Å². The molecule has 0 spiro atoms. The van der Waals surface area contributed by atoms with E-state index in [0.717, 1.165) is 6.42 Å². The summed E-state index contributed by atoms with van der Waals surface area (Å²) in [7, 11) is 0. The van der Waals surface area contributed by atoms with E-state index in [9.17, 15) is 0 Å². The normalized spacial score (nSPS) is 15.4. The molecule has 1 aromatic rings. The Morgan fingerprint density at radius 1 is 1.23 bits per heavy atom. The Morgan fingerprint density at radius 3 is 2.38 bits per heavy atom. The van der Waals surface area contributed by atoms with Gasteiger partial charge in [0.1, 0.15) is 0 Å². The van der Waals surface area contributed by atoms with Crippen molar-refractivity contribution in [3.05, 3.63) is 35.4 Å². The summed E-state index contributed by atoms with van der Waals surface area (Å²) in [6, 6.07) is 8.54. The third kappa shape index (κ3) is 3.43. The largest absolute Gasteiger partial charge is 0.0881 e. The van der Waals surface area contributed by atoms with Crippen LogP contribution in [0.15, 0.2) is 24.3 Å². The van der Waals surface area contributed by atoms with E-state index >= 15 is 0 Å². The van der Waals surface area contributed by atoms with E-state index in [2.05, 4.69) is 70.0 Å². The molecule has 0 radical (unpaired) electrons. The lowest BCUT2D eigenvalue weighted by molar-refractivity contribution is 0.852. The van der Waals surface area contributed by atoms with E-state index in [-0.39, 0.29) is 0 Å². The minimum absolute atomic E-state index is 0.507. The number of halogens is 2. The number of hydrogen-bond acceptors (Lipinski definition) is 0. The zero-order chi connectivity index (χ0) is 9.84. The average molecular weight is 306 g/mol. The smallest absolute Gasteiger partial charge is 0.0308 e. The average Bonchev–Trinajstić information content (AvgIpc) is 2.08. The second-order valence-electron chi connectivity index (χ2n) is 3.32. The second kappa shape index (κ2) is 5.16. The number of aryl methyl sites for hydroxylation is 1. The number of rotatable bonds is 3. The van der Waals surface area contributed by atoms with Crippen LogP contribution in [0.4, 0.5) is 0 Å². The highest BCUT2D eigenvalue weighted by atomic mass is 79.9. The van der Waals surface area contributed by atoms with Gasteiger partial charge in [0.15, 0.2) is 0 Å². The van der Waals surface area contributed by atoms with Crippen molar-refractivity contribution in [1.82, 2.24) is 0 Å². The fraction of sp³-hybridized carbons (Fsp3) is 0.455. The van der Waals surface area contributed by atoms with E-state index < -0.39 is 0 Å². The molecule has 2 unspecified atom stereocenters. The zero-order valence-corrected chi connectivity index (χ0v) is 11.1. The minimum atomic E-state index is 0.507. The molecule has 0 saturated carbocycles. The summed E-state index contributed by atoms with van der Waals surface area (Å²) in [4.78, 5) is 1.01. The molecule has 0 aromatic heterocycles. The van der Waals surface area contributed by atoms with Gasteiger partial charge < -0.3 is 0 Å². The van der Waals surface area contributed by atoms with Crippen molar-refractivity contribution in [2.75, 3.05) is 0 Å². The van der Waals surface area contributed by atoms with Crippen molar-refractivity contribution in [2.24, 2.45) is 0 Å². The van der Waals surface area contributed by atoms with Gasteiger partial charge in [-0.15, -0.1) is 0 Å². The summed E-state index contributed by atoms with van der Waals surface area (Å²) < 4.78 is 0. The van der Waals surface area contributed by atoms with Gasteiger partial charge in [0.25, 0.3) is 0 Å². The molecule has 0 heterocycles. The topological polar surface area (TPSA) is 0 Å². The van der Waals surface area contributed by atoms with E-state index in [1.807, 2.05) is 0 Å². The Labute approximate surface area is 97.0 Å². The first kappa shape index (κ1) is 11.3. The van der Waals surface area contributed by atoms with Crippen molar-refractivity contribution in [2.45, 2.75) is 29.9 Å². The Bertz CT molecular complexity index is 269. The van der Waals surface area contributed by atoms with Gasteiger partial charge in [-0.1, -0.05) is 63.0 Å². The maximum atomic E-state index is 3.67. The molecule has 0 nitrogen and oxygen atoms in total. The molecule has 2 atom stereocenters. The van der Waals surface area contributed by atoms with Crippen molar-refractivity contribution < 1.29 is 0 Å². The van der Waals surface area contributed by atoms with Crippen LogP contribution in [0.1, 0.15) is 18.1 Å². The highest BCUT2D eigenvalue weighted by molar-refractivity contribution is 9.12. The lowest BCUT2D eigenvalue weighted by atomic mass is 10.0. The van der Waals surface area contributed by atoms with Gasteiger partial charge >= 0.3 is 0 Å². The summed E-state index contributed by atoms with van der Waals surface area (Å²) in [6.45, 7) is 4.33. The van der Waals surface area contributed by atoms with E-state index in [1.54, 1.807) is 0 Å². The molecule has 0 saturated heterocycles. The van der Waals surface area contributed by atoms with Gasteiger partial charge in [-0.3, -0.25) is 0 Å². The van der Waals surface area contributed by atoms with Gasteiger partial charge in [-0.05, 0) is 24.5 Å². The quantitative estimate of drug-likeness (QED) is 0.738. The van der Waals surface area contributed by atoms with Crippen LogP contribution < -0.4 is 0 Å². The van der Waals surface area contributed by atoms with E-state index in [1.165, 1.54) is 11.1 Å². The van der Waals surface area contributed by atoms with Crippen molar-refractivity contribution in [1.29, 1.82) is 0 Å². The fourth-order valence-electron chi connectivity index (χ4n) is 1.21. The number of hydrogen-bond donors (Lipinski definition) is 0. The molecule has 2 heteroatoms. The second-order valence-corrected chi connectivity index (χ2v) is 5.94. The molecule has 1 rings (SSSR count). The third-order valence-corrected chi connectivity index (χ3v) is 4.64. The van der Waals surface area contributed by atoms with Crippen LogP contribution in [-0.2, 0) is 6.42 Å². The van der Waals surface area contributed by atoms with Crippen LogP contribution in [0.25, 0.3) is 0 Å². The van der Waals surface area contributed by atoms with Crippen molar-refractivity contribution >= 4 is 31.9 Å². The highest BCUT2D eigenvalue weighted by Gasteiger charge is 2.11. The summed E-state index contributed by atoms with van der Waals surface area (Å²) in [5.74, 6) is 0. The lowest BCUT2D eigenvalue weighted by Gasteiger charge is -2.13. The maximum absolute atomic E-state index is 3.67. The molecule has 0 N–H and O–H groups in total. The Kier molecular flexibility index (Phi) is 4.47. The predicted molar refractivity (Wildman–Crippen MR) is 66.0 cm³/mol. The predicted octanol–water partition coefficient (Wildman–Crippen LogP) is 4.08. The van der Waals surface area contributed by atoms with E-state index in [4.69, 9.17) is 0 Å². The number of alkyl halides is 2.